The van der Waals surface area contributed by atoms with Crippen LogP contribution in [-0.2, 0) is 11.3 Å². The smallest absolute Gasteiger partial charge is 0.224 e. The average Bonchev–Trinajstić information content (AvgIpc) is 2.92. The predicted molar refractivity (Wildman–Crippen MR) is 111 cm³/mol. The highest BCUT2D eigenvalue weighted by Crippen LogP contribution is 2.32. The fourth-order valence-electron chi connectivity index (χ4n) is 2.75. The van der Waals surface area contributed by atoms with Crippen molar-refractivity contribution >= 4 is 23.2 Å². The first-order valence-corrected chi connectivity index (χ1v) is 9.49. The van der Waals surface area contributed by atoms with E-state index in [0.717, 1.165) is 35.5 Å². The van der Waals surface area contributed by atoms with Crippen LogP contribution in [0.15, 0.2) is 47.5 Å². The summed E-state index contributed by atoms with van der Waals surface area (Å²) in [5.74, 6) is 1.78. The third-order valence-electron chi connectivity index (χ3n) is 4.17. The van der Waals surface area contributed by atoms with Gasteiger partial charge in [0.1, 0.15) is 0 Å². The van der Waals surface area contributed by atoms with Crippen LogP contribution in [0.5, 0.6) is 11.5 Å². The number of benzene rings is 2. The molecule has 0 unspecified atom stereocenters. The Morgan fingerprint density at radius 3 is 2.50 bits per heavy atom. The number of rotatable bonds is 6. The molecule has 3 rings (SSSR count). The molecule has 7 heteroatoms. The summed E-state index contributed by atoms with van der Waals surface area (Å²) in [6.45, 7) is 3.71. The Morgan fingerprint density at radius 1 is 1.04 bits per heavy atom. The molecule has 0 aliphatic carbocycles. The summed E-state index contributed by atoms with van der Waals surface area (Å²) in [6, 6.07) is 13.2. The molecule has 0 spiro atoms. The molecule has 4 N–H and O–H groups in total. The zero-order valence-corrected chi connectivity index (χ0v) is 16.0. The van der Waals surface area contributed by atoms with Crippen LogP contribution >= 0.6 is 0 Å². The van der Waals surface area contributed by atoms with Crippen molar-refractivity contribution in [3.8, 4) is 11.5 Å². The van der Waals surface area contributed by atoms with Crippen LogP contribution < -0.4 is 25.8 Å². The summed E-state index contributed by atoms with van der Waals surface area (Å²) < 4.78 is 11.3. The number of nitrogens with two attached hydrogens (primary N) is 1. The molecule has 0 saturated heterocycles. The molecule has 0 radical (unpaired) electrons. The van der Waals surface area contributed by atoms with Gasteiger partial charge in [-0.2, -0.15) is 0 Å². The Bertz CT molecular complexity index is 834. The van der Waals surface area contributed by atoms with Crippen molar-refractivity contribution in [3.05, 3.63) is 48.0 Å². The largest absolute Gasteiger partial charge is 0.490 e. The summed E-state index contributed by atoms with van der Waals surface area (Å²) >= 11 is 0. The molecular weight excluding hydrogens is 356 g/mol. The molecule has 0 fully saturated rings. The number of ether oxygens (including phenoxy) is 2. The van der Waals surface area contributed by atoms with Crippen LogP contribution in [0.4, 0.5) is 11.4 Å². The van der Waals surface area contributed by atoms with Gasteiger partial charge in [-0.1, -0.05) is 19.1 Å². The molecule has 0 aromatic heterocycles. The van der Waals surface area contributed by atoms with E-state index >= 15 is 0 Å². The fraction of sp³-hybridized carbons (Fsp3) is 0.333. The Hall–Kier alpha value is -3.22. The molecule has 2 aromatic rings. The van der Waals surface area contributed by atoms with Gasteiger partial charge in [-0.25, -0.2) is 4.99 Å². The summed E-state index contributed by atoms with van der Waals surface area (Å²) in [5.41, 5.74) is 8.57. The fourth-order valence-corrected chi connectivity index (χ4v) is 2.75. The van der Waals surface area contributed by atoms with Crippen molar-refractivity contribution in [2.45, 2.75) is 32.7 Å². The second-order valence-electron chi connectivity index (χ2n) is 6.53. The van der Waals surface area contributed by atoms with E-state index in [9.17, 15) is 4.79 Å². The second kappa shape index (κ2) is 9.64. The number of hydrogen-bond acceptors (Lipinski definition) is 4. The number of carbonyl (C=O) groups is 1. The highest BCUT2D eigenvalue weighted by atomic mass is 16.5. The van der Waals surface area contributed by atoms with E-state index in [2.05, 4.69) is 15.6 Å². The maximum absolute atomic E-state index is 11.6. The van der Waals surface area contributed by atoms with Gasteiger partial charge in [-0.15, -0.1) is 0 Å². The Balaban J connectivity index is 1.55. The van der Waals surface area contributed by atoms with Gasteiger partial charge >= 0.3 is 0 Å². The SMILES string of the molecule is CCCC(=O)Nc1ccc(CN=C(N)Nc2ccc3c(c2)OCCCO3)cc1. The Kier molecular flexibility index (Phi) is 6.73. The van der Waals surface area contributed by atoms with E-state index in [1.54, 1.807) is 0 Å². The molecule has 0 bridgehead atoms. The maximum atomic E-state index is 11.6. The lowest BCUT2D eigenvalue weighted by Gasteiger charge is -2.11. The normalized spacial score (nSPS) is 13.5. The summed E-state index contributed by atoms with van der Waals surface area (Å²) in [6.07, 6.45) is 2.21. The molecule has 0 atom stereocenters. The monoisotopic (exact) mass is 382 g/mol. The summed E-state index contributed by atoms with van der Waals surface area (Å²) in [5, 5.41) is 5.93. The average molecular weight is 382 g/mol. The van der Waals surface area contributed by atoms with Gasteiger partial charge in [0.05, 0.1) is 19.8 Å². The molecule has 1 aliphatic heterocycles. The molecular formula is C21H26N4O3. The number of amides is 1. The lowest BCUT2D eigenvalue weighted by molar-refractivity contribution is -0.116. The third-order valence-corrected chi connectivity index (χ3v) is 4.17. The van der Waals surface area contributed by atoms with Crippen LogP contribution in [0.2, 0.25) is 0 Å². The second-order valence-corrected chi connectivity index (χ2v) is 6.53. The van der Waals surface area contributed by atoms with Crippen molar-refractivity contribution in [2.24, 2.45) is 10.7 Å². The van der Waals surface area contributed by atoms with Crippen molar-refractivity contribution in [1.82, 2.24) is 0 Å². The van der Waals surface area contributed by atoms with E-state index < -0.39 is 0 Å². The van der Waals surface area contributed by atoms with Crippen molar-refractivity contribution < 1.29 is 14.3 Å². The van der Waals surface area contributed by atoms with Gasteiger partial charge in [-0.3, -0.25) is 4.79 Å². The highest BCUT2D eigenvalue weighted by molar-refractivity contribution is 5.92. The topological polar surface area (TPSA) is 98.0 Å². The van der Waals surface area contributed by atoms with Gasteiger partial charge in [0, 0.05) is 30.3 Å². The van der Waals surface area contributed by atoms with E-state index in [0.29, 0.717) is 37.9 Å². The first-order chi connectivity index (χ1) is 13.6. The van der Waals surface area contributed by atoms with Crippen LogP contribution in [0.3, 0.4) is 0 Å². The summed E-state index contributed by atoms with van der Waals surface area (Å²) in [4.78, 5) is 16.0. The number of anilines is 2. The van der Waals surface area contributed by atoms with Gasteiger partial charge in [0.2, 0.25) is 5.91 Å². The number of carbonyl (C=O) groups excluding carboxylic acids is 1. The number of aliphatic imine (C=N–C) groups is 1. The van der Waals surface area contributed by atoms with Gasteiger partial charge < -0.3 is 25.8 Å². The van der Waals surface area contributed by atoms with Crippen molar-refractivity contribution in [1.29, 1.82) is 0 Å². The van der Waals surface area contributed by atoms with Crippen LogP contribution in [-0.4, -0.2) is 25.1 Å². The summed E-state index contributed by atoms with van der Waals surface area (Å²) in [7, 11) is 0. The lowest BCUT2D eigenvalue weighted by Crippen LogP contribution is -2.22. The highest BCUT2D eigenvalue weighted by Gasteiger charge is 2.10. The van der Waals surface area contributed by atoms with E-state index in [1.807, 2.05) is 49.4 Å². The van der Waals surface area contributed by atoms with Gasteiger partial charge in [0.15, 0.2) is 17.5 Å². The van der Waals surface area contributed by atoms with Crippen molar-refractivity contribution in [2.75, 3.05) is 23.8 Å². The standard InChI is InChI=1S/C21H26N4O3/c1-2-4-20(26)24-16-7-5-15(6-8-16)14-23-21(22)25-17-9-10-18-19(13-17)28-12-3-11-27-18/h5-10,13H,2-4,11-12,14H2,1H3,(H,24,26)(H3,22,23,25). The Labute approximate surface area is 164 Å². The first kappa shape index (κ1) is 19.5. The van der Waals surface area contributed by atoms with E-state index in [1.165, 1.54) is 0 Å². The van der Waals surface area contributed by atoms with Crippen LogP contribution in [0.1, 0.15) is 31.7 Å². The predicted octanol–water partition coefficient (Wildman–Crippen LogP) is 3.51. The zero-order valence-electron chi connectivity index (χ0n) is 16.0. The third kappa shape index (κ3) is 5.64. The number of nitrogens with one attached hydrogen (secondary N) is 2. The molecule has 0 saturated carbocycles. The minimum atomic E-state index is 0.0249. The van der Waals surface area contributed by atoms with E-state index in [-0.39, 0.29) is 5.91 Å². The van der Waals surface area contributed by atoms with Gasteiger partial charge in [-0.05, 0) is 36.2 Å². The molecule has 148 valence electrons. The molecule has 1 amide bonds. The van der Waals surface area contributed by atoms with Crippen molar-refractivity contribution in [3.63, 3.8) is 0 Å². The Morgan fingerprint density at radius 2 is 1.75 bits per heavy atom. The molecule has 1 aliphatic rings. The number of fused-ring (bicyclic) bond motifs is 1. The first-order valence-electron chi connectivity index (χ1n) is 9.49. The number of hydrogen-bond donors (Lipinski definition) is 3. The quantitative estimate of drug-likeness (QED) is 0.525. The minimum absolute atomic E-state index is 0.0249. The van der Waals surface area contributed by atoms with Gasteiger partial charge in [0.25, 0.3) is 0 Å². The zero-order chi connectivity index (χ0) is 19.8. The number of nitrogens with zero attached hydrogens (tertiary/aromatic N) is 1. The minimum Gasteiger partial charge on any atom is -0.490 e. The molecule has 7 nitrogen and oxygen atoms in total. The molecule has 1 heterocycles. The lowest BCUT2D eigenvalue weighted by atomic mass is 10.2. The number of guanidine groups is 1. The maximum Gasteiger partial charge on any atom is 0.224 e. The van der Waals surface area contributed by atoms with Crippen LogP contribution in [0, 0.1) is 0 Å². The molecule has 2 aromatic carbocycles. The molecule has 28 heavy (non-hydrogen) atoms. The van der Waals surface area contributed by atoms with E-state index in [4.69, 9.17) is 15.2 Å². The van der Waals surface area contributed by atoms with Crippen LogP contribution in [0.25, 0.3) is 0 Å².